The van der Waals surface area contributed by atoms with Crippen LogP contribution < -0.4 is 5.32 Å². The molecular weight excluding hydrogens is 263 g/mol. The van der Waals surface area contributed by atoms with Crippen molar-refractivity contribution in [1.82, 2.24) is 5.32 Å². The molecule has 0 amide bonds. The van der Waals surface area contributed by atoms with Crippen molar-refractivity contribution in [3.8, 4) is 6.07 Å². The molecule has 0 aromatic heterocycles. The van der Waals surface area contributed by atoms with E-state index < -0.39 is 5.82 Å². The average molecular weight is 275 g/mol. The minimum atomic E-state index is -0.482. The van der Waals surface area contributed by atoms with Crippen LogP contribution in [0.5, 0.6) is 0 Å². The smallest absolute Gasteiger partial charge is 0.140 e. The predicted molar refractivity (Wildman–Crippen MR) is 73.1 cm³/mol. The van der Waals surface area contributed by atoms with E-state index >= 15 is 0 Å². The Morgan fingerprint density at radius 2 is 1.68 bits per heavy atom. The van der Waals surface area contributed by atoms with Crippen LogP contribution in [0.15, 0.2) is 42.5 Å². The van der Waals surface area contributed by atoms with Gasteiger partial charge in [0.1, 0.15) is 11.9 Å². The minimum Gasteiger partial charge on any atom is -0.309 e. The van der Waals surface area contributed by atoms with Gasteiger partial charge in [-0.15, -0.1) is 0 Å². The summed E-state index contributed by atoms with van der Waals surface area (Å²) in [4.78, 5) is 0. The van der Waals surface area contributed by atoms with Gasteiger partial charge in [0.25, 0.3) is 0 Å². The van der Waals surface area contributed by atoms with Gasteiger partial charge in [-0.1, -0.05) is 29.8 Å². The normalized spacial score (nSPS) is 10.2. The van der Waals surface area contributed by atoms with Crippen LogP contribution in [0.2, 0.25) is 5.02 Å². The fourth-order valence-corrected chi connectivity index (χ4v) is 1.85. The molecule has 0 saturated carbocycles. The summed E-state index contributed by atoms with van der Waals surface area (Å²) in [6.07, 6.45) is 0. The van der Waals surface area contributed by atoms with Crippen LogP contribution in [0.3, 0.4) is 0 Å². The molecule has 2 rings (SSSR count). The van der Waals surface area contributed by atoms with Crippen LogP contribution in [0, 0.1) is 17.1 Å². The highest BCUT2D eigenvalue weighted by Gasteiger charge is 2.02. The maximum Gasteiger partial charge on any atom is 0.140 e. The maximum atomic E-state index is 13.1. The van der Waals surface area contributed by atoms with Gasteiger partial charge in [-0.2, -0.15) is 5.26 Å². The SMILES string of the molecule is N#Cc1cc(CNCc2ccc(Cl)cc2)ccc1F. The van der Waals surface area contributed by atoms with E-state index in [4.69, 9.17) is 16.9 Å². The van der Waals surface area contributed by atoms with Crippen LogP contribution in [0.1, 0.15) is 16.7 Å². The summed E-state index contributed by atoms with van der Waals surface area (Å²) < 4.78 is 13.1. The molecule has 0 aliphatic rings. The van der Waals surface area contributed by atoms with Crippen molar-refractivity contribution in [2.24, 2.45) is 0 Å². The van der Waals surface area contributed by atoms with Crippen molar-refractivity contribution in [3.63, 3.8) is 0 Å². The number of nitrogens with zero attached hydrogens (tertiary/aromatic N) is 1. The molecule has 0 spiro atoms. The van der Waals surface area contributed by atoms with Gasteiger partial charge >= 0.3 is 0 Å². The number of hydrogen-bond donors (Lipinski definition) is 1. The number of halogens is 2. The monoisotopic (exact) mass is 274 g/mol. The van der Waals surface area contributed by atoms with E-state index in [2.05, 4.69) is 5.32 Å². The lowest BCUT2D eigenvalue weighted by molar-refractivity contribution is 0.621. The fraction of sp³-hybridized carbons (Fsp3) is 0.133. The highest BCUT2D eigenvalue weighted by atomic mass is 35.5. The summed E-state index contributed by atoms with van der Waals surface area (Å²) in [6, 6.07) is 13.9. The van der Waals surface area contributed by atoms with Gasteiger partial charge in [-0.25, -0.2) is 4.39 Å². The average Bonchev–Trinajstić information content (AvgIpc) is 2.43. The third kappa shape index (κ3) is 3.78. The molecule has 0 bridgehead atoms. The zero-order chi connectivity index (χ0) is 13.7. The molecule has 2 nitrogen and oxygen atoms in total. The van der Waals surface area contributed by atoms with E-state index in [0.29, 0.717) is 18.1 Å². The lowest BCUT2D eigenvalue weighted by Gasteiger charge is -2.06. The summed E-state index contributed by atoms with van der Waals surface area (Å²) in [5, 5.41) is 12.7. The number of nitriles is 1. The van der Waals surface area contributed by atoms with Gasteiger partial charge < -0.3 is 5.32 Å². The van der Waals surface area contributed by atoms with Crippen LogP contribution in [-0.4, -0.2) is 0 Å². The molecule has 0 unspecified atom stereocenters. The van der Waals surface area contributed by atoms with Gasteiger partial charge in [0, 0.05) is 18.1 Å². The Morgan fingerprint density at radius 3 is 2.37 bits per heavy atom. The van der Waals surface area contributed by atoms with Crippen LogP contribution >= 0.6 is 11.6 Å². The fourth-order valence-electron chi connectivity index (χ4n) is 1.72. The summed E-state index contributed by atoms with van der Waals surface area (Å²) in [7, 11) is 0. The van der Waals surface area contributed by atoms with E-state index in [-0.39, 0.29) is 5.56 Å². The number of hydrogen-bond acceptors (Lipinski definition) is 2. The summed E-state index contributed by atoms with van der Waals surface area (Å²) in [5.41, 5.74) is 2.07. The van der Waals surface area contributed by atoms with Gasteiger partial charge in [-0.3, -0.25) is 0 Å². The molecule has 0 saturated heterocycles. The second-order valence-corrected chi connectivity index (χ2v) is 4.59. The molecule has 4 heteroatoms. The molecular formula is C15H12ClFN2. The van der Waals surface area contributed by atoms with Gasteiger partial charge in [0.05, 0.1) is 5.56 Å². The molecule has 1 N–H and O–H groups in total. The Bertz CT molecular complexity index is 603. The number of rotatable bonds is 4. The Morgan fingerprint density at radius 1 is 1.05 bits per heavy atom. The van der Waals surface area contributed by atoms with Crippen molar-refractivity contribution in [2.45, 2.75) is 13.1 Å². The van der Waals surface area contributed by atoms with E-state index in [1.54, 1.807) is 12.1 Å². The van der Waals surface area contributed by atoms with Crippen LogP contribution in [-0.2, 0) is 13.1 Å². The first-order valence-corrected chi connectivity index (χ1v) is 6.20. The Labute approximate surface area is 116 Å². The first kappa shape index (κ1) is 13.5. The van der Waals surface area contributed by atoms with Gasteiger partial charge in [-0.05, 0) is 35.4 Å². The molecule has 0 aliphatic heterocycles. The van der Waals surface area contributed by atoms with Crippen molar-refractivity contribution in [2.75, 3.05) is 0 Å². The molecule has 0 aliphatic carbocycles. The standard InChI is InChI=1S/C15H12ClFN2/c16-14-4-1-11(2-5-14)9-19-10-12-3-6-15(17)13(7-12)8-18/h1-7,19H,9-10H2. The van der Waals surface area contributed by atoms with Crippen molar-refractivity contribution in [3.05, 3.63) is 70.0 Å². The Hall–Kier alpha value is -1.89. The Kier molecular flexibility index (Phi) is 4.51. The van der Waals surface area contributed by atoms with E-state index in [0.717, 1.165) is 11.1 Å². The second-order valence-electron chi connectivity index (χ2n) is 4.16. The maximum absolute atomic E-state index is 13.1. The van der Waals surface area contributed by atoms with E-state index in [1.165, 1.54) is 6.07 Å². The molecule has 0 atom stereocenters. The topological polar surface area (TPSA) is 35.8 Å². The summed E-state index contributed by atoms with van der Waals surface area (Å²) >= 11 is 5.80. The summed E-state index contributed by atoms with van der Waals surface area (Å²) in [6.45, 7) is 1.27. The third-order valence-electron chi connectivity index (χ3n) is 2.72. The third-order valence-corrected chi connectivity index (χ3v) is 2.97. The Balaban J connectivity index is 1.92. The zero-order valence-electron chi connectivity index (χ0n) is 10.2. The molecule has 2 aromatic carbocycles. The minimum absolute atomic E-state index is 0.0748. The van der Waals surface area contributed by atoms with Gasteiger partial charge in [0.15, 0.2) is 0 Å². The highest BCUT2D eigenvalue weighted by Crippen LogP contribution is 2.11. The molecule has 96 valence electrons. The quantitative estimate of drug-likeness (QED) is 0.924. The largest absolute Gasteiger partial charge is 0.309 e. The predicted octanol–water partition coefficient (Wildman–Crippen LogP) is 3.64. The zero-order valence-corrected chi connectivity index (χ0v) is 10.9. The number of benzene rings is 2. The highest BCUT2D eigenvalue weighted by molar-refractivity contribution is 6.30. The lowest BCUT2D eigenvalue weighted by atomic mass is 10.1. The molecule has 19 heavy (non-hydrogen) atoms. The summed E-state index contributed by atoms with van der Waals surface area (Å²) in [5.74, 6) is -0.482. The molecule has 0 fully saturated rings. The van der Waals surface area contributed by atoms with Crippen molar-refractivity contribution in [1.29, 1.82) is 5.26 Å². The van der Waals surface area contributed by atoms with Gasteiger partial charge in [0.2, 0.25) is 0 Å². The van der Waals surface area contributed by atoms with E-state index in [9.17, 15) is 4.39 Å². The van der Waals surface area contributed by atoms with Crippen molar-refractivity contribution >= 4 is 11.6 Å². The number of nitrogens with one attached hydrogen (secondary N) is 1. The molecule has 0 heterocycles. The van der Waals surface area contributed by atoms with Crippen molar-refractivity contribution < 1.29 is 4.39 Å². The van der Waals surface area contributed by atoms with Crippen LogP contribution in [0.4, 0.5) is 4.39 Å². The second kappa shape index (κ2) is 6.33. The molecule has 0 radical (unpaired) electrons. The van der Waals surface area contributed by atoms with Crippen LogP contribution in [0.25, 0.3) is 0 Å². The van der Waals surface area contributed by atoms with E-state index in [1.807, 2.05) is 30.3 Å². The first-order chi connectivity index (χ1) is 9.19. The molecule has 2 aromatic rings. The lowest BCUT2D eigenvalue weighted by Crippen LogP contribution is -2.12. The first-order valence-electron chi connectivity index (χ1n) is 5.83.